The van der Waals surface area contributed by atoms with Gasteiger partial charge in [-0.05, 0) is 47.9 Å². The summed E-state index contributed by atoms with van der Waals surface area (Å²) in [4.78, 5) is 12.4. The molecule has 0 saturated carbocycles. The maximum Gasteiger partial charge on any atom is 0.387 e. The Morgan fingerprint density at radius 3 is 2.04 bits per heavy atom. The van der Waals surface area contributed by atoms with Gasteiger partial charge in [-0.25, -0.2) is 0 Å². The standard InChI is InChI=1S/C22H19F2NO2/c1-15(16-7-9-18(10-8-16)17-5-3-2-4-6-17)25-21(26)19-11-13-20(14-12-19)27-22(23)24/h2-15,22H,1H3,(H,25,26)/t15-/m0/s1. The molecule has 0 bridgehead atoms. The molecule has 5 heteroatoms. The number of alkyl halides is 2. The van der Waals surface area contributed by atoms with Crippen LogP contribution in [0.3, 0.4) is 0 Å². The molecule has 3 rings (SSSR count). The molecule has 1 amide bonds. The van der Waals surface area contributed by atoms with Crippen molar-refractivity contribution >= 4 is 5.91 Å². The maximum atomic E-state index is 12.4. The van der Waals surface area contributed by atoms with E-state index < -0.39 is 6.61 Å². The molecule has 0 fully saturated rings. The molecule has 0 aliphatic heterocycles. The van der Waals surface area contributed by atoms with Crippen LogP contribution in [0.5, 0.6) is 5.75 Å². The Kier molecular flexibility index (Phi) is 5.81. The zero-order valence-corrected chi connectivity index (χ0v) is 14.7. The number of ether oxygens (including phenoxy) is 1. The van der Waals surface area contributed by atoms with Gasteiger partial charge in [0.25, 0.3) is 5.91 Å². The van der Waals surface area contributed by atoms with Gasteiger partial charge in [-0.2, -0.15) is 8.78 Å². The van der Waals surface area contributed by atoms with E-state index >= 15 is 0 Å². The fourth-order valence-electron chi connectivity index (χ4n) is 2.75. The largest absolute Gasteiger partial charge is 0.435 e. The summed E-state index contributed by atoms with van der Waals surface area (Å²) in [7, 11) is 0. The number of benzene rings is 3. The maximum absolute atomic E-state index is 12.4. The Hall–Kier alpha value is -3.21. The predicted octanol–water partition coefficient (Wildman–Crippen LogP) is 5.45. The molecule has 0 unspecified atom stereocenters. The Labute approximate surface area is 156 Å². The van der Waals surface area contributed by atoms with Crippen LogP contribution in [0.1, 0.15) is 28.9 Å². The zero-order valence-electron chi connectivity index (χ0n) is 14.7. The van der Waals surface area contributed by atoms with Crippen molar-refractivity contribution in [1.82, 2.24) is 5.32 Å². The van der Waals surface area contributed by atoms with Crippen LogP contribution in [-0.4, -0.2) is 12.5 Å². The van der Waals surface area contributed by atoms with Gasteiger partial charge in [0.2, 0.25) is 0 Å². The van der Waals surface area contributed by atoms with Crippen LogP contribution in [0.4, 0.5) is 8.78 Å². The number of hydrogen-bond donors (Lipinski definition) is 1. The van der Waals surface area contributed by atoms with Crippen molar-refractivity contribution < 1.29 is 18.3 Å². The summed E-state index contributed by atoms with van der Waals surface area (Å²) in [6.45, 7) is -0.993. The van der Waals surface area contributed by atoms with Crippen molar-refractivity contribution in [3.8, 4) is 16.9 Å². The van der Waals surface area contributed by atoms with Crippen LogP contribution in [0.2, 0.25) is 0 Å². The van der Waals surface area contributed by atoms with E-state index in [0.717, 1.165) is 16.7 Å². The monoisotopic (exact) mass is 367 g/mol. The molecular weight excluding hydrogens is 348 g/mol. The third-order valence-corrected chi connectivity index (χ3v) is 4.21. The van der Waals surface area contributed by atoms with Crippen LogP contribution < -0.4 is 10.1 Å². The van der Waals surface area contributed by atoms with Gasteiger partial charge in [0.05, 0.1) is 6.04 Å². The van der Waals surface area contributed by atoms with E-state index in [1.54, 1.807) is 0 Å². The molecule has 0 aromatic heterocycles. The molecule has 1 atom stereocenters. The quantitative estimate of drug-likeness (QED) is 0.629. The first-order valence-electron chi connectivity index (χ1n) is 8.54. The van der Waals surface area contributed by atoms with Crippen molar-refractivity contribution in [3.63, 3.8) is 0 Å². The second-order valence-corrected chi connectivity index (χ2v) is 6.09. The number of carbonyl (C=O) groups excluding carboxylic acids is 1. The molecule has 0 heterocycles. The highest BCUT2D eigenvalue weighted by Gasteiger charge is 2.12. The van der Waals surface area contributed by atoms with Gasteiger partial charge in [0.1, 0.15) is 5.75 Å². The number of rotatable bonds is 6. The molecule has 0 saturated heterocycles. The molecule has 3 nitrogen and oxygen atoms in total. The Balaban J connectivity index is 1.64. The molecule has 0 aliphatic carbocycles. The lowest BCUT2D eigenvalue weighted by Gasteiger charge is -2.15. The number of halogens is 2. The summed E-state index contributed by atoms with van der Waals surface area (Å²) in [6, 6.07) is 23.4. The minimum absolute atomic E-state index is 0.0195. The highest BCUT2D eigenvalue weighted by molar-refractivity contribution is 5.94. The minimum Gasteiger partial charge on any atom is -0.435 e. The lowest BCUT2D eigenvalue weighted by atomic mass is 10.0. The summed E-state index contributed by atoms with van der Waals surface area (Å²) in [5.41, 5.74) is 3.59. The predicted molar refractivity (Wildman–Crippen MR) is 101 cm³/mol. The van der Waals surface area contributed by atoms with Crippen LogP contribution in [0, 0.1) is 0 Å². The summed E-state index contributed by atoms with van der Waals surface area (Å²) in [5, 5.41) is 2.90. The van der Waals surface area contributed by atoms with E-state index in [0.29, 0.717) is 5.56 Å². The molecular formula is C22H19F2NO2. The van der Waals surface area contributed by atoms with Crippen molar-refractivity contribution in [2.24, 2.45) is 0 Å². The van der Waals surface area contributed by atoms with Gasteiger partial charge in [0, 0.05) is 5.56 Å². The van der Waals surface area contributed by atoms with Crippen molar-refractivity contribution in [2.75, 3.05) is 0 Å². The number of amides is 1. The van der Waals surface area contributed by atoms with Gasteiger partial charge in [-0.3, -0.25) is 4.79 Å². The summed E-state index contributed by atoms with van der Waals surface area (Å²) >= 11 is 0. The van der Waals surface area contributed by atoms with Gasteiger partial charge in [-0.15, -0.1) is 0 Å². The molecule has 3 aromatic rings. The SMILES string of the molecule is C[C@H](NC(=O)c1ccc(OC(F)F)cc1)c1ccc(-c2ccccc2)cc1. The third-order valence-electron chi connectivity index (χ3n) is 4.21. The summed E-state index contributed by atoms with van der Waals surface area (Å²) in [5.74, 6) is -0.260. The van der Waals surface area contributed by atoms with Gasteiger partial charge >= 0.3 is 6.61 Å². The number of carbonyl (C=O) groups is 1. The summed E-state index contributed by atoms with van der Waals surface area (Å²) in [6.07, 6.45) is 0. The fraction of sp³-hybridized carbons (Fsp3) is 0.136. The summed E-state index contributed by atoms with van der Waals surface area (Å²) < 4.78 is 28.6. The number of nitrogens with one attached hydrogen (secondary N) is 1. The third kappa shape index (κ3) is 4.91. The van der Waals surface area contributed by atoms with E-state index in [-0.39, 0.29) is 17.7 Å². The van der Waals surface area contributed by atoms with E-state index in [1.807, 2.05) is 61.5 Å². The molecule has 27 heavy (non-hydrogen) atoms. The first kappa shape index (κ1) is 18.6. The van der Waals surface area contributed by atoms with E-state index in [4.69, 9.17) is 0 Å². The van der Waals surface area contributed by atoms with Crippen LogP contribution in [0.15, 0.2) is 78.9 Å². The minimum atomic E-state index is -2.89. The normalized spacial score (nSPS) is 11.9. The van der Waals surface area contributed by atoms with Gasteiger partial charge in [-0.1, -0.05) is 54.6 Å². The van der Waals surface area contributed by atoms with Crippen molar-refractivity contribution in [3.05, 3.63) is 90.0 Å². The van der Waals surface area contributed by atoms with E-state index in [1.165, 1.54) is 24.3 Å². The highest BCUT2D eigenvalue weighted by atomic mass is 19.3. The molecule has 3 aromatic carbocycles. The molecule has 0 aliphatic rings. The zero-order chi connectivity index (χ0) is 19.2. The second kappa shape index (κ2) is 8.45. The lowest BCUT2D eigenvalue weighted by molar-refractivity contribution is -0.0498. The fourth-order valence-corrected chi connectivity index (χ4v) is 2.75. The first-order chi connectivity index (χ1) is 13.0. The Bertz CT molecular complexity index is 878. The first-order valence-corrected chi connectivity index (χ1v) is 8.54. The topological polar surface area (TPSA) is 38.3 Å². The van der Waals surface area contributed by atoms with E-state index in [2.05, 4.69) is 10.1 Å². The average Bonchev–Trinajstić information content (AvgIpc) is 2.69. The average molecular weight is 367 g/mol. The van der Waals surface area contributed by atoms with Gasteiger partial charge in [0.15, 0.2) is 0 Å². The molecule has 0 spiro atoms. The van der Waals surface area contributed by atoms with Crippen molar-refractivity contribution in [2.45, 2.75) is 19.6 Å². The molecule has 138 valence electrons. The van der Waals surface area contributed by atoms with Crippen LogP contribution in [0.25, 0.3) is 11.1 Å². The van der Waals surface area contributed by atoms with Crippen LogP contribution in [-0.2, 0) is 0 Å². The Morgan fingerprint density at radius 1 is 0.852 bits per heavy atom. The smallest absolute Gasteiger partial charge is 0.387 e. The lowest BCUT2D eigenvalue weighted by Crippen LogP contribution is -2.26. The second-order valence-electron chi connectivity index (χ2n) is 6.09. The Morgan fingerprint density at radius 2 is 1.44 bits per heavy atom. The highest BCUT2D eigenvalue weighted by Crippen LogP contribution is 2.22. The molecule has 1 N–H and O–H groups in total. The number of hydrogen-bond acceptors (Lipinski definition) is 2. The van der Waals surface area contributed by atoms with Crippen molar-refractivity contribution in [1.29, 1.82) is 0 Å². The van der Waals surface area contributed by atoms with Crippen LogP contribution >= 0.6 is 0 Å². The van der Waals surface area contributed by atoms with E-state index in [9.17, 15) is 13.6 Å². The van der Waals surface area contributed by atoms with Gasteiger partial charge < -0.3 is 10.1 Å². The molecule has 0 radical (unpaired) electrons.